The molecule has 0 radical (unpaired) electrons. The van der Waals surface area contributed by atoms with Crippen molar-refractivity contribution in [3.63, 3.8) is 0 Å². The molecule has 0 spiro atoms. The maximum Gasteiger partial charge on any atom is 0.276 e. The Balaban J connectivity index is 1.59. The largest absolute Gasteiger partial charge is 0.338 e. The van der Waals surface area contributed by atoms with E-state index in [-0.39, 0.29) is 17.2 Å². The number of carbonyl (C=O) groups excluding carboxylic acids is 2. The van der Waals surface area contributed by atoms with Crippen LogP contribution < -0.4 is 10.9 Å². The molecule has 1 N–H and O–H groups in total. The lowest BCUT2D eigenvalue weighted by Crippen LogP contribution is -2.42. The third-order valence-electron chi connectivity index (χ3n) is 5.60. The molecule has 0 saturated carbocycles. The highest BCUT2D eigenvalue weighted by atomic mass is 16.2. The van der Waals surface area contributed by atoms with Crippen molar-refractivity contribution in [3.8, 4) is 5.69 Å². The third-order valence-corrected chi connectivity index (χ3v) is 5.60. The van der Waals surface area contributed by atoms with Gasteiger partial charge in [-0.2, -0.15) is 9.78 Å². The van der Waals surface area contributed by atoms with Crippen LogP contribution >= 0.6 is 0 Å². The Bertz CT molecular complexity index is 1180. The summed E-state index contributed by atoms with van der Waals surface area (Å²) in [5.41, 5.74) is 1.18. The van der Waals surface area contributed by atoms with Crippen LogP contribution in [-0.2, 0) is 0 Å². The Hall–Kier alpha value is -3.74. The molecule has 7 nitrogen and oxygen atoms in total. The van der Waals surface area contributed by atoms with Crippen LogP contribution in [0, 0.1) is 11.8 Å². The van der Waals surface area contributed by atoms with Gasteiger partial charge in [0.25, 0.3) is 17.4 Å². The summed E-state index contributed by atoms with van der Waals surface area (Å²) < 4.78 is 1.18. The first-order valence-electron chi connectivity index (χ1n) is 10.8. The molecule has 32 heavy (non-hydrogen) atoms. The van der Waals surface area contributed by atoms with Crippen LogP contribution in [0.5, 0.6) is 0 Å². The van der Waals surface area contributed by atoms with Gasteiger partial charge in [-0.15, -0.1) is 0 Å². The first kappa shape index (κ1) is 21.5. The van der Waals surface area contributed by atoms with Crippen LogP contribution in [0.25, 0.3) is 5.69 Å². The van der Waals surface area contributed by atoms with Gasteiger partial charge in [-0.1, -0.05) is 44.2 Å². The number of likely N-dealkylation sites (tertiary alicyclic amines) is 1. The number of nitrogens with zero attached hydrogens (tertiary/aromatic N) is 3. The number of anilines is 1. The molecule has 3 aromatic rings. The van der Waals surface area contributed by atoms with Crippen molar-refractivity contribution in [2.75, 3.05) is 18.4 Å². The first-order valence-corrected chi connectivity index (χ1v) is 10.8. The second-order valence-electron chi connectivity index (χ2n) is 8.46. The molecule has 1 saturated heterocycles. The topological polar surface area (TPSA) is 84.3 Å². The first-order chi connectivity index (χ1) is 15.4. The molecule has 0 bridgehead atoms. The second-order valence-corrected chi connectivity index (χ2v) is 8.46. The highest BCUT2D eigenvalue weighted by Crippen LogP contribution is 2.25. The number of para-hydroxylation sites is 2. The van der Waals surface area contributed by atoms with E-state index in [1.54, 1.807) is 48.5 Å². The molecule has 2 heterocycles. The minimum atomic E-state index is -0.490. The van der Waals surface area contributed by atoms with E-state index in [1.807, 2.05) is 11.0 Å². The van der Waals surface area contributed by atoms with Gasteiger partial charge in [-0.3, -0.25) is 14.4 Å². The lowest BCUT2D eigenvalue weighted by molar-refractivity contribution is 0.0624. The van der Waals surface area contributed by atoms with Gasteiger partial charge in [0.2, 0.25) is 0 Å². The highest BCUT2D eigenvalue weighted by Gasteiger charge is 2.27. The van der Waals surface area contributed by atoms with Crippen molar-refractivity contribution in [2.45, 2.75) is 20.3 Å². The predicted molar refractivity (Wildman–Crippen MR) is 123 cm³/mol. The smallest absolute Gasteiger partial charge is 0.276 e. The van der Waals surface area contributed by atoms with Gasteiger partial charge < -0.3 is 10.2 Å². The van der Waals surface area contributed by atoms with E-state index in [2.05, 4.69) is 24.3 Å². The van der Waals surface area contributed by atoms with Crippen LogP contribution in [0.15, 0.2) is 71.5 Å². The molecule has 2 atom stereocenters. The van der Waals surface area contributed by atoms with Crippen molar-refractivity contribution >= 4 is 17.5 Å². The predicted octanol–water partition coefficient (Wildman–Crippen LogP) is 3.60. The van der Waals surface area contributed by atoms with E-state index in [0.29, 0.717) is 41.9 Å². The maximum atomic E-state index is 13.2. The van der Waals surface area contributed by atoms with Crippen LogP contribution in [0.2, 0.25) is 0 Å². The minimum absolute atomic E-state index is 0.0796. The van der Waals surface area contributed by atoms with Crippen LogP contribution in [0.1, 0.15) is 41.1 Å². The zero-order valence-electron chi connectivity index (χ0n) is 18.2. The molecule has 1 aromatic heterocycles. The Kier molecular flexibility index (Phi) is 6.16. The number of hydrogen-bond acceptors (Lipinski definition) is 4. The van der Waals surface area contributed by atoms with Gasteiger partial charge >= 0.3 is 0 Å². The molecule has 0 aliphatic carbocycles. The number of amides is 2. The maximum absolute atomic E-state index is 13.2. The number of aromatic nitrogens is 2. The Morgan fingerprint density at radius 1 is 0.906 bits per heavy atom. The molecular formula is C25H26N4O3. The Labute approximate surface area is 186 Å². The van der Waals surface area contributed by atoms with Crippen molar-refractivity contribution in [1.82, 2.24) is 14.7 Å². The van der Waals surface area contributed by atoms with Gasteiger partial charge in [0.15, 0.2) is 0 Å². The standard InChI is InChI=1S/C25H26N4O3/c1-17-14-18(2)16-28(15-17)25(32)20-10-6-7-11-21(20)26-24(31)22-12-13-23(30)29(27-22)19-8-4-3-5-9-19/h3-13,17-18H,14-16H2,1-2H3,(H,26,31). The summed E-state index contributed by atoms with van der Waals surface area (Å²) in [7, 11) is 0. The molecule has 1 fully saturated rings. The molecule has 1 aliphatic heterocycles. The van der Waals surface area contributed by atoms with Crippen LogP contribution in [-0.4, -0.2) is 39.6 Å². The molecule has 164 valence electrons. The Morgan fingerprint density at radius 3 is 2.28 bits per heavy atom. The fourth-order valence-corrected chi connectivity index (χ4v) is 4.25. The van der Waals surface area contributed by atoms with Gasteiger partial charge in [0.05, 0.1) is 16.9 Å². The van der Waals surface area contributed by atoms with Crippen molar-refractivity contribution in [3.05, 3.63) is 88.3 Å². The molecule has 4 rings (SSSR count). The summed E-state index contributed by atoms with van der Waals surface area (Å²) in [5.74, 6) is 0.289. The Morgan fingerprint density at radius 2 is 1.56 bits per heavy atom. The number of carbonyl (C=O) groups is 2. The van der Waals surface area contributed by atoms with E-state index >= 15 is 0 Å². The summed E-state index contributed by atoms with van der Waals surface area (Å²) in [6.45, 7) is 5.71. The summed E-state index contributed by atoms with van der Waals surface area (Å²) in [5, 5.41) is 7.02. The molecular weight excluding hydrogens is 404 g/mol. The van der Waals surface area contributed by atoms with E-state index in [9.17, 15) is 14.4 Å². The number of hydrogen-bond donors (Lipinski definition) is 1. The van der Waals surface area contributed by atoms with E-state index in [1.165, 1.54) is 16.8 Å². The summed E-state index contributed by atoms with van der Waals surface area (Å²) in [6, 6.07) is 18.6. The van der Waals surface area contributed by atoms with Crippen molar-refractivity contribution in [1.29, 1.82) is 0 Å². The van der Waals surface area contributed by atoms with Crippen LogP contribution in [0.3, 0.4) is 0 Å². The molecule has 2 unspecified atom stereocenters. The van der Waals surface area contributed by atoms with Crippen molar-refractivity contribution in [2.24, 2.45) is 11.8 Å². The minimum Gasteiger partial charge on any atom is -0.338 e. The molecule has 1 aliphatic rings. The number of rotatable bonds is 4. The van der Waals surface area contributed by atoms with E-state index in [0.717, 1.165) is 6.42 Å². The fourth-order valence-electron chi connectivity index (χ4n) is 4.25. The lowest BCUT2D eigenvalue weighted by atomic mass is 9.91. The van der Waals surface area contributed by atoms with Gasteiger partial charge in [0.1, 0.15) is 5.69 Å². The highest BCUT2D eigenvalue weighted by molar-refractivity contribution is 6.08. The number of nitrogens with one attached hydrogen (secondary N) is 1. The summed E-state index contributed by atoms with van der Waals surface area (Å²) in [6.07, 6.45) is 1.10. The number of piperidine rings is 1. The quantitative estimate of drug-likeness (QED) is 0.685. The average Bonchev–Trinajstić information content (AvgIpc) is 2.79. The third kappa shape index (κ3) is 4.61. The monoisotopic (exact) mass is 430 g/mol. The lowest BCUT2D eigenvalue weighted by Gasteiger charge is -2.35. The molecule has 7 heteroatoms. The zero-order chi connectivity index (χ0) is 22.7. The number of benzene rings is 2. The zero-order valence-corrected chi connectivity index (χ0v) is 18.2. The molecule has 2 aromatic carbocycles. The second kappa shape index (κ2) is 9.18. The SMILES string of the molecule is CC1CC(C)CN(C(=O)c2ccccc2NC(=O)c2ccc(=O)n(-c3ccccc3)n2)C1. The van der Waals surface area contributed by atoms with E-state index < -0.39 is 5.91 Å². The van der Waals surface area contributed by atoms with Gasteiger partial charge in [-0.25, -0.2) is 0 Å². The summed E-state index contributed by atoms with van der Waals surface area (Å²) in [4.78, 5) is 40.3. The normalized spacial score (nSPS) is 18.2. The van der Waals surface area contributed by atoms with Crippen LogP contribution in [0.4, 0.5) is 5.69 Å². The van der Waals surface area contributed by atoms with Gasteiger partial charge in [-0.05, 0) is 48.6 Å². The summed E-state index contributed by atoms with van der Waals surface area (Å²) >= 11 is 0. The van der Waals surface area contributed by atoms with E-state index in [4.69, 9.17) is 0 Å². The average molecular weight is 431 g/mol. The molecule has 2 amide bonds. The van der Waals surface area contributed by atoms with Gasteiger partial charge in [0, 0.05) is 19.2 Å². The fraction of sp³-hybridized carbons (Fsp3) is 0.280. The van der Waals surface area contributed by atoms with Crippen molar-refractivity contribution < 1.29 is 9.59 Å².